The molecule has 0 atom stereocenters. The van der Waals surface area contributed by atoms with Crippen LogP contribution in [-0.4, -0.2) is 34.5 Å². The summed E-state index contributed by atoms with van der Waals surface area (Å²) in [4.78, 5) is 14.4. The van der Waals surface area contributed by atoms with E-state index in [4.69, 9.17) is 11.6 Å². The lowest BCUT2D eigenvalue weighted by atomic mass is 10.1. The first kappa shape index (κ1) is 20.6. The minimum atomic E-state index is -3.44. The average molecular weight is 422 g/mol. The van der Waals surface area contributed by atoms with Crippen molar-refractivity contribution in [3.63, 3.8) is 0 Å². The molecule has 1 amide bonds. The second-order valence-electron chi connectivity index (χ2n) is 7.15. The fourth-order valence-corrected chi connectivity index (χ4v) is 4.41. The number of hydrogen-bond donors (Lipinski definition) is 2. The molecule has 3 rings (SSSR count). The van der Waals surface area contributed by atoms with E-state index in [9.17, 15) is 13.2 Å². The molecule has 0 heterocycles. The molecule has 0 aliphatic heterocycles. The second-order valence-corrected chi connectivity index (χ2v) is 9.27. The Hall–Kier alpha value is -2.09. The number of sulfonamides is 1. The van der Waals surface area contributed by atoms with Crippen molar-refractivity contribution < 1.29 is 13.2 Å². The molecule has 0 bridgehead atoms. The quantitative estimate of drug-likeness (QED) is 0.684. The van der Waals surface area contributed by atoms with Gasteiger partial charge in [0.05, 0.1) is 15.6 Å². The number of benzene rings is 2. The van der Waals surface area contributed by atoms with Gasteiger partial charge in [-0.1, -0.05) is 23.7 Å². The molecule has 8 heteroatoms. The maximum Gasteiger partial charge on any atom is 0.240 e. The lowest BCUT2D eigenvalue weighted by Crippen LogP contribution is -2.25. The third-order valence-corrected chi connectivity index (χ3v) is 6.33. The Morgan fingerprint density at radius 1 is 1.14 bits per heavy atom. The third-order valence-electron chi connectivity index (χ3n) is 4.49. The van der Waals surface area contributed by atoms with Gasteiger partial charge < -0.3 is 10.2 Å². The maximum absolute atomic E-state index is 12.2. The summed E-state index contributed by atoms with van der Waals surface area (Å²) in [6.45, 7) is 0. The first-order valence-electron chi connectivity index (χ1n) is 9.12. The molecule has 1 aliphatic rings. The average Bonchev–Trinajstić information content (AvgIpc) is 3.43. The molecular weight excluding hydrogens is 398 g/mol. The molecule has 1 fully saturated rings. The van der Waals surface area contributed by atoms with Crippen LogP contribution < -0.4 is 14.9 Å². The van der Waals surface area contributed by atoms with Crippen molar-refractivity contribution in [3.8, 4) is 0 Å². The monoisotopic (exact) mass is 421 g/mol. The van der Waals surface area contributed by atoms with E-state index in [1.165, 1.54) is 0 Å². The van der Waals surface area contributed by atoms with Crippen molar-refractivity contribution in [1.29, 1.82) is 0 Å². The highest BCUT2D eigenvalue weighted by Gasteiger charge is 2.27. The number of halogens is 1. The lowest BCUT2D eigenvalue weighted by molar-refractivity contribution is -0.116. The highest BCUT2D eigenvalue weighted by molar-refractivity contribution is 7.89. The van der Waals surface area contributed by atoms with Crippen molar-refractivity contribution in [2.75, 3.05) is 24.3 Å². The second kappa shape index (κ2) is 8.51. The first-order chi connectivity index (χ1) is 13.2. The minimum absolute atomic E-state index is 0.0775. The number of nitrogens with zero attached hydrogens (tertiary/aromatic N) is 1. The zero-order valence-corrected chi connectivity index (χ0v) is 17.5. The molecule has 2 aromatic rings. The summed E-state index contributed by atoms with van der Waals surface area (Å²) in [6, 6.07) is 12.1. The molecule has 2 N–H and O–H groups in total. The predicted molar refractivity (Wildman–Crippen MR) is 113 cm³/mol. The van der Waals surface area contributed by atoms with Crippen LogP contribution in [0.15, 0.2) is 47.4 Å². The van der Waals surface area contributed by atoms with Gasteiger partial charge in [-0.05, 0) is 55.2 Å². The number of aryl methyl sites for hydroxylation is 1. The highest BCUT2D eigenvalue weighted by atomic mass is 35.5. The molecule has 0 spiro atoms. The van der Waals surface area contributed by atoms with Gasteiger partial charge in [0.2, 0.25) is 15.9 Å². The van der Waals surface area contributed by atoms with Gasteiger partial charge in [0.25, 0.3) is 0 Å². The van der Waals surface area contributed by atoms with Crippen molar-refractivity contribution in [2.24, 2.45) is 0 Å². The van der Waals surface area contributed by atoms with Gasteiger partial charge in [0.1, 0.15) is 0 Å². The van der Waals surface area contributed by atoms with Crippen LogP contribution >= 0.6 is 11.6 Å². The number of hydrogen-bond acceptors (Lipinski definition) is 4. The summed E-state index contributed by atoms with van der Waals surface area (Å²) < 4.78 is 27.0. The van der Waals surface area contributed by atoms with Gasteiger partial charge in [0, 0.05) is 32.2 Å². The van der Waals surface area contributed by atoms with Crippen molar-refractivity contribution in [2.45, 2.75) is 36.6 Å². The molecule has 0 aromatic heterocycles. The van der Waals surface area contributed by atoms with Gasteiger partial charge >= 0.3 is 0 Å². The standard InChI is InChI=1S/C20H24ClN3O3S/c1-24(2)19-11-8-16(13-18(19)21)22-20(25)12-5-14-3-9-17(10-4-14)28(26,27)23-15-6-7-15/h3-4,8-11,13,15,23H,5-7,12H2,1-2H3,(H,22,25). The first-order valence-corrected chi connectivity index (χ1v) is 11.0. The summed E-state index contributed by atoms with van der Waals surface area (Å²) >= 11 is 6.22. The molecule has 1 aliphatic carbocycles. The van der Waals surface area contributed by atoms with Crippen LogP contribution in [-0.2, 0) is 21.2 Å². The Morgan fingerprint density at radius 3 is 2.39 bits per heavy atom. The summed E-state index contributed by atoms with van der Waals surface area (Å²) in [5, 5.41) is 3.40. The van der Waals surface area contributed by atoms with Gasteiger partial charge in [-0.2, -0.15) is 0 Å². The van der Waals surface area contributed by atoms with Gasteiger partial charge in [0.15, 0.2) is 0 Å². The Balaban J connectivity index is 1.53. The molecule has 6 nitrogen and oxygen atoms in total. The fourth-order valence-electron chi connectivity index (χ4n) is 2.75. The van der Waals surface area contributed by atoms with Gasteiger partial charge in [-0.25, -0.2) is 13.1 Å². The van der Waals surface area contributed by atoms with E-state index in [-0.39, 0.29) is 16.8 Å². The van der Waals surface area contributed by atoms with Crippen molar-refractivity contribution in [1.82, 2.24) is 4.72 Å². The van der Waals surface area contributed by atoms with E-state index >= 15 is 0 Å². The topological polar surface area (TPSA) is 78.5 Å². The highest BCUT2D eigenvalue weighted by Crippen LogP contribution is 2.27. The molecule has 1 saturated carbocycles. The number of nitrogens with one attached hydrogen (secondary N) is 2. The molecule has 2 aromatic carbocycles. The Labute approximate surface area is 170 Å². The molecule has 0 unspecified atom stereocenters. The van der Waals surface area contributed by atoms with Crippen LogP contribution in [0.2, 0.25) is 5.02 Å². The van der Waals surface area contributed by atoms with Crippen LogP contribution in [0.1, 0.15) is 24.8 Å². The van der Waals surface area contributed by atoms with E-state index in [2.05, 4.69) is 10.0 Å². The third kappa shape index (κ3) is 5.47. The van der Waals surface area contributed by atoms with E-state index in [1.807, 2.05) is 31.1 Å². The number of carbonyl (C=O) groups excluding carboxylic acids is 1. The fraction of sp³-hybridized carbons (Fsp3) is 0.350. The zero-order chi connectivity index (χ0) is 20.3. The SMILES string of the molecule is CN(C)c1ccc(NC(=O)CCc2ccc(S(=O)(=O)NC3CC3)cc2)cc1Cl. The molecule has 0 radical (unpaired) electrons. The van der Waals surface area contributed by atoms with Gasteiger partial charge in [-0.15, -0.1) is 0 Å². The van der Waals surface area contributed by atoms with Crippen LogP contribution in [0.3, 0.4) is 0 Å². The number of rotatable bonds is 8. The van der Waals surface area contributed by atoms with E-state index in [0.717, 1.165) is 24.1 Å². The Kier molecular flexibility index (Phi) is 6.27. The summed E-state index contributed by atoms with van der Waals surface area (Å²) in [5.74, 6) is -0.124. The van der Waals surface area contributed by atoms with Crippen LogP contribution in [0.25, 0.3) is 0 Å². The molecule has 150 valence electrons. The largest absolute Gasteiger partial charge is 0.376 e. The van der Waals surface area contributed by atoms with Crippen molar-refractivity contribution in [3.05, 3.63) is 53.1 Å². The number of anilines is 2. The summed E-state index contributed by atoms with van der Waals surface area (Å²) in [5.41, 5.74) is 2.43. The van der Waals surface area contributed by atoms with E-state index < -0.39 is 10.0 Å². The van der Waals surface area contributed by atoms with E-state index in [0.29, 0.717) is 23.6 Å². The predicted octanol–water partition coefficient (Wildman–Crippen LogP) is 3.42. The van der Waals surface area contributed by atoms with Crippen LogP contribution in [0.4, 0.5) is 11.4 Å². The van der Waals surface area contributed by atoms with Crippen LogP contribution in [0, 0.1) is 0 Å². The molecule has 0 saturated heterocycles. The molecular formula is C20H24ClN3O3S. The normalized spacial score (nSPS) is 14.0. The Morgan fingerprint density at radius 2 is 1.82 bits per heavy atom. The number of amides is 1. The Bertz CT molecular complexity index is 955. The van der Waals surface area contributed by atoms with Crippen LogP contribution in [0.5, 0.6) is 0 Å². The summed E-state index contributed by atoms with van der Waals surface area (Å²) in [6.07, 6.45) is 2.61. The molecule has 28 heavy (non-hydrogen) atoms. The zero-order valence-electron chi connectivity index (χ0n) is 15.9. The van der Waals surface area contributed by atoms with E-state index in [1.54, 1.807) is 30.3 Å². The smallest absolute Gasteiger partial charge is 0.240 e. The lowest BCUT2D eigenvalue weighted by Gasteiger charge is -2.15. The van der Waals surface area contributed by atoms with Gasteiger partial charge in [-0.3, -0.25) is 4.79 Å². The maximum atomic E-state index is 12.2. The minimum Gasteiger partial charge on any atom is -0.376 e. The summed E-state index contributed by atoms with van der Waals surface area (Å²) in [7, 11) is 0.357. The number of carbonyl (C=O) groups is 1. The van der Waals surface area contributed by atoms with Crippen molar-refractivity contribution >= 4 is 38.9 Å².